The van der Waals surface area contributed by atoms with Crippen LogP contribution in [0.5, 0.6) is 5.75 Å². The molecule has 0 atom stereocenters. The van der Waals surface area contributed by atoms with Crippen LogP contribution >= 0.6 is 11.6 Å². The van der Waals surface area contributed by atoms with E-state index in [0.717, 1.165) is 47.3 Å². The van der Waals surface area contributed by atoms with Gasteiger partial charge < -0.3 is 4.74 Å². The Morgan fingerprint density at radius 3 is 2.91 bits per heavy atom. The second-order valence-electron chi connectivity index (χ2n) is 5.81. The molecule has 2 aromatic heterocycles. The van der Waals surface area contributed by atoms with Crippen molar-refractivity contribution in [2.75, 3.05) is 7.11 Å². The van der Waals surface area contributed by atoms with Gasteiger partial charge in [0.15, 0.2) is 5.65 Å². The molecule has 0 saturated heterocycles. The predicted octanol–water partition coefficient (Wildman–Crippen LogP) is 3.15. The molecule has 118 valence electrons. The maximum Gasteiger partial charge on any atom is 0.276 e. The molecule has 5 nitrogen and oxygen atoms in total. The number of ether oxygens (including phenoxy) is 1. The highest BCUT2D eigenvalue weighted by Crippen LogP contribution is 2.35. The van der Waals surface area contributed by atoms with Gasteiger partial charge >= 0.3 is 0 Å². The van der Waals surface area contributed by atoms with Crippen LogP contribution in [0.1, 0.15) is 23.4 Å². The fourth-order valence-corrected chi connectivity index (χ4v) is 3.57. The van der Waals surface area contributed by atoms with Crippen LogP contribution in [0.4, 0.5) is 0 Å². The van der Waals surface area contributed by atoms with E-state index in [0.29, 0.717) is 16.4 Å². The summed E-state index contributed by atoms with van der Waals surface area (Å²) in [6, 6.07) is 5.53. The number of hydrogen-bond acceptors (Lipinski definition) is 3. The molecule has 1 N–H and O–H groups in total. The van der Waals surface area contributed by atoms with Crippen LogP contribution in [0.25, 0.3) is 16.8 Å². The fourth-order valence-electron chi connectivity index (χ4n) is 3.30. The molecule has 4 rings (SSSR count). The van der Waals surface area contributed by atoms with Gasteiger partial charge in [-0.2, -0.15) is 0 Å². The lowest BCUT2D eigenvalue weighted by Gasteiger charge is -2.07. The Morgan fingerprint density at radius 2 is 2.17 bits per heavy atom. The number of hydrogen-bond donors (Lipinski definition) is 1. The van der Waals surface area contributed by atoms with Gasteiger partial charge in [0.1, 0.15) is 5.75 Å². The number of aryl methyl sites for hydroxylation is 2. The van der Waals surface area contributed by atoms with Crippen LogP contribution in [-0.4, -0.2) is 21.7 Å². The maximum atomic E-state index is 12.6. The van der Waals surface area contributed by atoms with Crippen LogP contribution in [0.15, 0.2) is 23.0 Å². The number of nitrogens with one attached hydrogen (secondary N) is 1. The van der Waals surface area contributed by atoms with Crippen LogP contribution in [0.2, 0.25) is 5.02 Å². The third kappa shape index (κ3) is 2.07. The second-order valence-corrected chi connectivity index (χ2v) is 6.22. The Labute approximate surface area is 137 Å². The predicted molar refractivity (Wildman–Crippen MR) is 89.6 cm³/mol. The minimum absolute atomic E-state index is 0.00137. The van der Waals surface area contributed by atoms with Crippen molar-refractivity contribution < 1.29 is 4.74 Å². The molecule has 3 aromatic rings. The molecule has 1 aliphatic carbocycles. The van der Waals surface area contributed by atoms with Crippen molar-refractivity contribution in [3.63, 3.8) is 0 Å². The summed E-state index contributed by atoms with van der Waals surface area (Å²) in [4.78, 5) is 17.4. The quantitative estimate of drug-likeness (QED) is 0.785. The zero-order valence-corrected chi connectivity index (χ0v) is 13.7. The van der Waals surface area contributed by atoms with Gasteiger partial charge in [-0.3, -0.25) is 9.89 Å². The van der Waals surface area contributed by atoms with E-state index in [9.17, 15) is 4.79 Å². The van der Waals surface area contributed by atoms with E-state index in [4.69, 9.17) is 21.3 Å². The monoisotopic (exact) mass is 329 g/mol. The molecule has 6 heteroatoms. The van der Waals surface area contributed by atoms with Crippen LogP contribution in [0.3, 0.4) is 0 Å². The van der Waals surface area contributed by atoms with Gasteiger partial charge in [0.05, 0.1) is 17.8 Å². The van der Waals surface area contributed by atoms with Gasteiger partial charge in [-0.1, -0.05) is 11.6 Å². The highest BCUT2D eigenvalue weighted by atomic mass is 35.5. The first-order valence-electron chi connectivity index (χ1n) is 7.57. The first-order chi connectivity index (χ1) is 11.1. The van der Waals surface area contributed by atoms with E-state index < -0.39 is 0 Å². The molecule has 0 radical (unpaired) electrons. The van der Waals surface area contributed by atoms with Gasteiger partial charge in [0.2, 0.25) is 0 Å². The number of H-pyrrole nitrogens is 1. The zero-order chi connectivity index (χ0) is 16.1. The maximum absolute atomic E-state index is 12.6. The number of rotatable bonds is 2. The first kappa shape index (κ1) is 14.3. The number of aromatic amines is 1. The summed E-state index contributed by atoms with van der Waals surface area (Å²) in [6.07, 6.45) is 2.66. The summed E-state index contributed by atoms with van der Waals surface area (Å²) >= 11 is 6.42. The lowest BCUT2D eigenvalue weighted by molar-refractivity contribution is 0.415. The summed E-state index contributed by atoms with van der Waals surface area (Å²) in [7, 11) is 1.60. The Morgan fingerprint density at radius 1 is 1.35 bits per heavy atom. The third-order valence-corrected chi connectivity index (χ3v) is 4.74. The zero-order valence-electron chi connectivity index (χ0n) is 12.9. The molecule has 0 fully saturated rings. The van der Waals surface area contributed by atoms with E-state index in [2.05, 4.69) is 5.10 Å². The summed E-state index contributed by atoms with van der Waals surface area (Å²) in [5.41, 5.74) is 4.96. The number of aromatic nitrogens is 3. The van der Waals surface area contributed by atoms with Gasteiger partial charge in [-0.15, -0.1) is 0 Å². The molecule has 0 bridgehead atoms. The summed E-state index contributed by atoms with van der Waals surface area (Å²) in [6.45, 7) is 1.93. The summed E-state index contributed by atoms with van der Waals surface area (Å²) in [5, 5.41) is 3.70. The fraction of sp³-hybridized carbons (Fsp3) is 0.294. The van der Waals surface area contributed by atoms with Crippen molar-refractivity contribution in [2.45, 2.75) is 26.2 Å². The van der Waals surface area contributed by atoms with E-state index >= 15 is 0 Å². The Kier molecular flexibility index (Phi) is 3.20. The molecular weight excluding hydrogens is 314 g/mol. The topological polar surface area (TPSA) is 59.4 Å². The Hall–Kier alpha value is -2.27. The Balaban J connectivity index is 2.03. The smallest absolute Gasteiger partial charge is 0.276 e. The summed E-state index contributed by atoms with van der Waals surface area (Å²) in [5.74, 6) is 0.697. The number of fused-ring (bicyclic) bond motifs is 2. The molecule has 0 amide bonds. The number of benzene rings is 1. The molecule has 0 spiro atoms. The van der Waals surface area contributed by atoms with Gasteiger partial charge in [-0.05, 0) is 44.4 Å². The van der Waals surface area contributed by atoms with E-state index in [1.54, 1.807) is 13.2 Å². The SMILES string of the molecule is COc1ccc(-c2c(C)[nH]n3c(=O)c4c(nc23)CCC4)c(Cl)c1. The van der Waals surface area contributed by atoms with Crippen LogP contribution < -0.4 is 10.3 Å². The normalized spacial score (nSPS) is 13.5. The number of nitrogens with zero attached hydrogens (tertiary/aromatic N) is 2. The average Bonchev–Trinajstić information content (AvgIpc) is 3.12. The van der Waals surface area contributed by atoms with Crippen molar-refractivity contribution in [3.8, 4) is 16.9 Å². The van der Waals surface area contributed by atoms with Crippen molar-refractivity contribution >= 4 is 17.2 Å². The van der Waals surface area contributed by atoms with Crippen LogP contribution in [-0.2, 0) is 12.8 Å². The second kappa shape index (κ2) is 5.13. The number of halogens is 1. The molecular formula is C17H16ClN3O2. The van der Waals surface area contributed by atoms with Crippen LogP contribution in [0, 0.1) is 6.92 Å². The van der Waals surface area contributed by atoms with Crippen molar-refractivity contribution in [3.05, 3.63) is 50.5 Å². The summed E-state index contributed by atoms with van der Waals surface area (Å²) < 4.78 is 6.74. The minimum Gasteiger partial charge on any atom is -0.497 e. The van der Waals surface area contributed by atoms with E-state index in [1.807, 2.05) is 19.1 Å². The molecule has 2 heterocycles. The first-order valence-corrected chi connectivity index (χ1v) is 7.95. The third-order valence-electron chi connectivity index (χ3n) is 4.43. The van der Waals surface area contributed by atoms with Crippen molar-refractivity contribution in [1.82, 2.24) is 14.6 Å². The number of methoxy groups -OCH3 is 1. The molecule has 23 heavy (non-hydrogen) atoms. The van der Waals surface area contributed by atoms with Crippen molar-refractivity contribution in [2.24, 2.45) is 0 Å². The van der Waals surface area contributed by atoms with E-state index in [1.165, 1.54) is 4.52 Å². The average molecular weight is 330 g/mol. The Bertz CT molecular complexity index is 988. The van der Waals surface area contributed by atoms with Gasteiger partial charge in [0.25, 0.3) is 5.56 Å². The molecule has 0 saturated carbocycles. The molecule has 0 unspecified atom stereocenters. The molecule has 0 aliphatic heterocycles. The molecule has 1 aliphatic rings. The highest BCUT2D eigenvalue weighted by Gasteiger charge is 2.22. The molecule has 1 aromatic carbocycles. The van der Waals surface area contributed by atoms with E-state index in [-0.39, 0.29) is 5.56 Å². The lowest BCUT2D eigenvalue weighted by Crippen LogP contribution is -2.20. The largest absolute Gasteiger partial charge is 0.497 e. The van der Waals surface area contributed by atoms with Crippen molar-refractivity contribution in [1.29, 1.82) is 0 Å². The standard InChI is InChI=1S/C17H16ClN3O2/c1-9-15(11-7-6-10(23-2)8-13(11)18)16-19-14-5-3-4-12(14)17(22)21(16)20-9/h6-8,20H,3-5H2,1-2H3. The van der Waals surface area contributed by atoms with Gasteiger partial charge in [-0.25, -0.2) is 9.50 Å². The van der Waals surface area contributed by atoms with Gasteiger partial charge in [0, 0.05) is 22.4 Å². The minimum atomic E-state index is 0.00137. The lowest BCUT2D eigenvalue weighted by atomic mass is 10.1. The highest BCUT2D eigenvalue weighted by molar-refractivity contribution is 6.33.